The number of hydrogen-bond acceptors (Lipinski definition) is 2. The van der Waals surface area contributed by atoms with Crippen molar-refractivity contribution in [2.75, 3.05) is 7.11 Å². The van der Waals surface area contributed by atoms with Crippen LogP contribution in [0.4, 0.5) is 0 Å². The summed E-state index contributed by atoms with van der Waals surface area (Å²) < 4.78 is 4.37. The molecule has 0 bridgehead atoms. The monoisotopic (exact) mass is 302 g/mol. The number of carbonyl (C=O) groups excluding carboxylic acids is 1. The van der Waals surface area contributed by atoms with E-state index in [0.29, 0.717) is 0 Å². The molecule has 0 unspecified atom stereocenters. The van der Waals surface area contributed by atoms with Gasteiger partial charge in [-0.25, -0.2) is 0 Å². The number of hydrogen-bond donors (Lipinski definition) is 0. The molecule has 9 heavy (non-hydrogen) atoms. The Morgan fingerprint density at radius 1 is 1.56 bits per heavy atom. The maximum Gasteiger partial charge on any atom is 0.166 e. The van der Waals surface area contributed by atoms with Crippen molar-refractivity contribution in [2.24, 2.45) is 5.92 Å². The first-order valence-corrected chi connectivity index (χ1v) is 2.59. The van der Waals surface area contributed by atoms with Crippen molar-refractivity contribution in [3.63, 3.8) is 0 Å². The molecule has 0 saturated carbocycles. The number of esters is 1. The second-order valence-electron chi connectivity index (χ2n) is 1.93. The molecule has 0 atom stereocenters. The third-order valence-electron chi connectivity index (χ3n) is 0.671. The van der Waals surface area contributed by atoms with Gasteiger partial charge < -0.3 is 4.74 Å². The van der Waals surface area contributed by atoms with Crippen molar-refractivity contribution < 1.29 is 30.0 Å². The van der Waals surface area contributed by atoms with Gasteiger partial charge in [-0.1, -0.05) is 13.8 Å². The molecule has 0 aliphatic rings. The van der Waals surface area contributed by atoms with Crippen LogP contribution in [-0.2, 0) is 30.0 Å². The Morgan fingerprint density at radius 2 is 2.00 bits per heavy atom. The zero-order valence-corrected chi connectivity index (χ0v) is 8.56. The van der Waals surface area contributed by atoms with Crippen LogP contribution in [0.25, 0.3) is 0 Å². The number of carbonyl (C=O) groups is 1. The summed E-state index contributed by atoms with van der Waals surface area (Å²) in [7, 11) is 1.38. The van der Waals surface area contributed by atoms with Crippen molar-refractivity contribution in [1.82, 2.24) is 0 Å². The summed E-state index contributed by atoms with van der Waals surface area (Å²) in [5, 5.41) is 0. The molecule has 0 amide bonds. The molecule has 0 fully saturated rings. The molecule has 0 N–H and O–H groups in total. The van der Waals surface area contributed by atoms with Gasteiger partial charge in [0.05, 0.1) is 7.11 Å². The van der Waals surface area contributed by atoms with Crippen molar-refractivity contribution >= 4 is 5.97 Å². The van der Waals surface area contributed by atoms with E-state index in [-0.39, 0.29) is 32.3 Å². The first-order chi connectivity index (χ1) is 3.66. The summed E-state index contributed by atoms with van der Waals surface area (Å²) >= 11 is 0. The average molecular weight is 301 g/mol. The van der Waals surface area contributed by atoms with Crippen molar-refractivity contribution in [1.29, 1.82) is 0 Å². The Bertz CT molecular complexity index is 81.1. The van der Waals surface area contributed by atoms with Gasteiger partial charge in [0.1, 0.15) is 0 Å². The van der Waals surface area contributed by atoms with Crippen LogP contribution in [0.15, 0.2) is 0 Å². The normalized spacial score (nSPS) is 8.00. The summed E-state index contributed by atoms with van der Waals surface area (Å²) in [4.78, 5) is 10.3. The molecule has 0 aromatic rings. The maximum absolute atomic E-state index is 10.3. The van der Waals surface area contributed by atoms with Crippen LogP contribution in [0.1, 0.15) is 13.8 Å². The second kappa shape index (κ2) is 6.13. The summed E-state index contributed by atoms with van der Waals surface area (Å²) in [5.74, 6) is 0.0300. The quantitative estimate of drug-likeness (QED) is 0.562. The Hall–Kier alpha value is 0.00234. The Morgan fingerprint density at radius 3 is 2.11 bits per heavy atom. The van der Waals surface area contributed by atoms with E-state index < -0.39 is 0 Å². The third-order valence-corrected chi connectivity index (χ3v) is 0.671. The van der Waals surface area contributed by atoms with Gasteiger partial charge in [0, 0.05) is 20.4 Å². The van der Waals surface area contributed by atoms with Crippen LogP contribution in [0, 0.1) is 12.3 Å². The van der Waals surface area contributed by atoms with E-state index >= 15 is 0 Å². The summed E-state index contributed by atoms with van der Waals surface area (Å²) in [6, 6.07) is 0. The van der Waals surface area contributed by atoms with Crippen LogP contribution >= 0.6 is 0 Å². The Balaban J connectivity index is 0. The van der Waals surface area contributed by atoms with Gasteiger partial charge in [-0.3, -0.25) is 11.2 Å². The Kier molecular flexibility index (Phi) is 8.00. The van der Waals surface area contributed by atoms with Crippen LogP contribution in [0.2, 0.25) is 0 Å². The first-order valence-electron chi connectivity index (χ1n) is 2.59. The van der Waals surface area contributed by atoms with Gasteiger partial charge in [0.2, 0.25) is 0 Å². The fraction of sp³-hybridized carbons (Fsp3) is 0.667. The van der Waals surface area contributed by atoms with Crippen LogP contribution < -0.4 is 0 Å². The SMILES string of the molecule is COC(=O)[CH-]C(C)C.[Re]. The van der Waals surface area contributed by atoms with Crippen LogP contribution in [-0.4, -0.2) is 13.1 Å². The minimum Gasteiger partial charge on any atom is -0.491 e. The Labute approximate surface area is 69.6 Å². The molecule has 1 radical (unpaired) electrons. The fourth-order valence-electron chi connectivity index (χ4n) is 0.340. The summed E-state index contributed by atoms with van der Waals surface area (Å²) in [6.07, 6.45) is 1.53. The maximum atomic E-state index is 10.3. The number of rotatable bonds is 2. The van der Waals surface area contributed by atoms with Gasteiger partial charge in [-0.15, -0.1) is 0 Å². The third kappa shape index (κ3) is 8.00. The molecule has 0 aromatic heterocycles. The van der Waals surface area contributed by atoms with E-state index in [9.17, 15) is 4.79 Å². The molecule has 0 aliphatic heterocycles. The van der Waals surface area contributed by atoms with E-state index in [1.54, 1.807) is 0 Å². The smallest absolute Gasteiger partial charge is 0.166 e. The molecular weight excluding hydrogens is 290 g/mol. The van der Waals surface area contributed by atoms with E-state index in [4.69, 9.17) is 0 Å². The van der Waals surface area contributed by atoms with Crippen molar-refractivity contribution in [3.05, 3.63) is 6.42 Å². The minimum absolute atomic E-state index is 0. The standard InChI is InChI=1S/C6H11O2.Re/c1-5(2)4-6(7)8-3;/h4-5H,1-3H3;/q-1;. The molecule has 2 nitrogen and oxygen atoms in total. The molecule has 3 heteroatoms. The minimum atomic E-state index is -0.250. The van der Waals surface area contributed by atoms with Crippen LogP contribution in [0.3, 0.4) is 0 Å². The molecule has 55 valence electrons. The fourth-order valence-corrected chi connectivity index (χ4v) is 0.340. The van der Waals surface area contributed by atoms with Gasteiger partial charge in [-0.2, -0.15) is 5.92 Å². The van der Waals surface area contributed by atoms with Gasteiger partial charge >= 0.3 is 0 Å². The largest absolute Gasteiger partial charge is 0.491 e. The average Bonchev–Trinajstić information content (AvgIpc) is 1.65. The summed E-state index contributed by atoms with van der Waals surface area (Å²) in [6.45, 7) is 3.86. The molecule has 0 saturated heterocycles. The second-order valence-corrected chi connectivity index (χ2v) is 1.93. The van der Waals surface area contributed by atoms with Crippen molar-refractivity contribution in [3.8, 4) is 0 Å². The van der Waals surface area contributed by atoms with E-state index in [1.165, 1.54) is 13.5 Å². The summed E-state index contributed by atoms with van der Waals surface area (Å²) in [5.41, 5.74) is 0. The zero-order chi connectivity index (χ0) is 6.57. The molecule has 0 aliphatic carbocycles. The van der Waals surface area contributed by atoms with Gasteiger partial charge in [-0.05, 0) is 0 Å². The molecular formula is C6H11O2Re-. The van der Waals surface area contributed by atoms with Crippen LogP contribution in [0.5, 0.6) is 0 Å². The van der Waals surface area contributed by atoms with Gasteiger partial charge in [0.15, 0.2) is 5.97 Å². The van der Waals surface area contributed by atoms with E-state index in [1.807, 2.05) is 13.8 Å². The zero-order valence-electron chi connectivity index (χ0n) is 5.85. The van der Waals surface area contributed by atoms with E-state index in [2.05, 4.69) is 4.74 Å². The predicted octanol–water partition coefficient (Wildman–Crippen LogP) is 1.02. The predicted molar refractivity (Wildman–Crippen MR) is 31.2 cm³/mol. The molecule has 0 heterocycles. The number of ether oxygens (including phenoxy) is 1. The number of methoxy groups -OCH3 is 1. The van der Waals surface area contributed by atoms with E-state index in [0.717, 1.165) is 0 Å². The van der Waals surface area contributed by atoms with Crippen molar-refractivity contribution in [2.45, 2.75) is 13.8 Å². The molecule has 0 spiro atoms. The first kappa shape index (κ1) is 11.8. The van der Waals surface area contributed by atoms with Gasteiger partial charge in [0.25, 0.3) is 0 Å². The molecule has 0 rings (SSSR count). The molecule has 0 aromatic carbocycles. The topological polar surface area (TPSA) is 26.3 Å².